The highest BCUT2D eigenvalue weighted by molar-refractivity contribution is 6.25. The molecule has 3 aromatic carbocycles. The molecular weight excluding hydrogens is 376 g/mol. The lowest BCUT2D eigenvalue weighted by Gasteiger charge is -2.52. The van der Waals surface area contributed by atoms with Crippen molar-refractivity contribution in [3.8, 4) is 0 Å². The average molecular weight is 394 g/mol. The zero-order chi connectivity index (χ0) is 20.5. The van der Waals surface area contributed by atoms with Gasteiger partial charge in [-0.25, -0.2) is 4.90 Å². The van der Waals surface area contributed by atoms with Crippen molar-refractivity contribution in [2.75, 3.05) is 4.90 Å². The number of carbonyl (C=O) groups excluding carboxylic acids is 2. The summed E-state index contributed by atoms with van der Waals surface area (Å²) in [4.78, 5) is 28.8. The van der Waals surface area contributed by atoms with Crippen molar-refractivity contribution in [2.45, 2.75) is 11.3 Å². The zero-order valence-corrected chi connectivity index (χ0v) is 16.0. The van der Waals surface area contributed by atoms with Crippen molar-refractivity contribution in [3.05, 3.63) is 101 Å². The first-order valence-electron chi connectivity index (χ1n) is 10.0. The minimum atomic E-state index is -0.988. The Morgan fingerprint density at radius 3 is 1.97 bits per heavy atom. The van der Waals surface area contributed by atoms with Crippen molar-refractivity contribution >= 4 is 23.7 Å². The number of amides is 2. The van der Waals surface area contributed by atoms with Crippen molar-refractivity contribution in [1.82, 2.24) is 0 Å². The molecule has 2 unspecified atom stereocenters. The Kier molecular flexibility index (Phi) is 3.37. The molecule has 4 aliphatic rings. The number of rotatable bonds is 2. The number of nitrogens with zero attached hydrogens (tertiary/aromatic N) is 2. The molecule has 1 aliphatic heterocycles. The summed E-state index contributed by atoms with van der Waals surface area (Å²) in [7, 11) is 0. The number of carbonyl (C=O) groups is 2. The van der Waals surface area contributed by atoms with Gasteiger partial charge in [0.15, 0.2) is 0 Å². The van der Waals surface area contributed by atoms with E-state index in [1.807, 2.05) is 66.7 Å². The maximum absolute atomic E-state index is 13.8. The number of hydrogen-bond acceptors (Lipinski definition) is 4. The molecular formula is C25H18N2O3. The molecule has 0 aromatic heterocycles. The highest BCUT2D eigenvalue weighted by Crippen LogP contribution is 2.63. The second kappa shape index (κ2) is 5.89. The summed E-state index contributed by atoms with van der Waals surface area (Å²) in [6, 6.07) is 24.8. The molecule has 2 atom stereocenters. The molecule has 5 heteroatoms. The molecule has 1 heterocycles. The van der Waals surface area contributed by atoms with Crippen LogP contribution in [0.4, 0.5) is 5.69 Å². The molecule has 0 spiro atoms. The van der Waals surface area contributed by atoms with Crippen LogP contribution in [-0.2, 0) is 15.0 Å². The summed E-state index contributed by atoms with van der Waals surface area (Å²) in [6.07, 6.45) is 1.46. The largest absolute Gasteiger partial charge is 0.411 e. The van der Waals surface area contributed by atoms with Gasteiger partial charge in [-0.05, 0) is 34.4 Å². The van der Waals surface area contributed by atoms with Gasteiger partial charge in [0.1, 0.15) is 0 Å². The topological polar surface area (TPSA) is 70.0 Å². The second-order valence-corrected chi connectivity index (χ2v) is 8.12. The fraction of sp³-hybridized carbons (Fsp3) is 0.160. The molecule has 7 rings (SSSR count). The van der Waals surface area contributed by atoms with Crippen LogP contribution in [0.15, 0.2) is 84.0 Å². The van der Waals surface area contributed by atoms with Gasteiger partial charge < -0.3 is 5.21 Å². The molecule has 1 saturated heterocycles. The SMILES string of the molecule is O=C1C2C3c4ccccc4C(/C=N/O)(c4ccccc43)C2C(=O)N1c1ccccc1. The Morgan fingerprint density at radius 2 is 1.37 bits per heavy atom. The monoisotopic (exact) mass is 394 g/mol. The van der Waals surface area contributed by atoms with Gasteiger partial charge >= 0.3 is 0 Å². The van der Waals surface area contributed by atoms with Crippen molar-refractivity contribution in [3.63, 3.8) is 0 Å². The van der Waals surface area contributed by atoms with Crippen LogP contribution in [0, 0.1) is 11.8 Å². The van der Waals surface area contributed by atoms with E-state index in [1.165, 1.54) is 11.1 Å². The zero-order valence-electron chi connectivity index (χ0n) is 16.0. The molecule has 2 bridgehead atoms. The maximum Gasteiger partial charge on any atom is 0.239 e. The van der Waals surface area contributed by atoms with Crippen LogP contribution in [0.3, 0.4) is 0 Å². The van der Waals surface area contributed by atoms with Gasteiger partial charge in [-0.2, -0.15) is 0 Å². The molecule has 2 amide bonds. The summed E-state index contributed by atoms with van der Waals surface area (Å²) in [5.41, 5.74) is 3.50. The number of anilines is 1. The van der Waals surface area contributed by atoms with E-state index in [0.29, 0.717) is 5.69 Å². The Hall–Kier alpha value is -3.73. The first kappa shape index (κ1) is 17.2. The number of imide groups is 1. The fourth-order valence-electron chi connectivity index (χ4n) is 5.97. The fourth-order valence-corrected chi connectivity index (χ4v) is 5.97. The lowest BCUT2D eigenvalue weighted by Crippen LogP contribution is -2.54. The van der Waals surface area contributed by atoms with Gasteiger partial charge in [-0.15, -0.1) is 5.16 Å². The third kappa shape index (κ3) is 1.85. The van der Waals surface area contributed by atoms with E-state index in [4.69, 9.17) is 0 Å². The molecule has 0 saturated carbocycles. The molecule has 1 N–H and O–H groups in total. The van der Waals surface area contributed by atoms with Crippen LogP contribution in [0.1, 0.15) is 28.2 Å². The van der Waals surface area contributed by atoms with Gasteiger partial charge in [0, 0.05) is 5.92 Å². The van der Waals surface area contributed by atoms with Gasteiger partial charge in [0.05, 0.1) is 29.2 Å². The summed E-state index contributed by atoms with van der Waals surface area (Å²) in [6.45, 7) is 0. The smallest absolute Gasteiger partial charge is 0.239 e. The second-order valence-electron chi connectivity index (χ2n) is 8.12. The van der Waals surface area contributed by atoms with Crippen LogP contribution in [0.2, 0.25) is 0 Å². The maximum atomic E-state index is 13.8. The number of hydrogen-bond donors (Lipinski definition) is 1. The Balaban J connectivity index is 1.68. The molecule has 5 nitrogen and oxygen atoms in total. The molecule has 3 aromatic rings. The molecule has 30 heavy (non-hydrogen) atoms. The lowest BCUT2D eigenvalue weighted by atomic mass is 9.47. The summed E-state index contributed by atoms with van der Waals surface area (Å²) >= 11 is 0. The Morgan fingerprint density at radius 1 is 0.800 bits per heavy atom. The standard InChI is InChI=1S/C25H18N2O3/c28-23-21-20-16-10-4-6-12-18(16)25(14-26-30,19-13-7-5-11-17(19)20)22(21)24(29)27(23)15-8-2-1-3-9-15/h1-14,20-22,30H/b26-14+. The first-order valence-corrected chi connectivity index (χ1v) is 10.0. The lowest BCUT2D eigenvalue weighted by molar-refractivity contribution is -0.122. The van der Waals surface area contributed by atoms with Crippen LogP contribution in [-0.4, -0.2) is 23.2 Å². The van der Waals surface area contributed by atoms with E-state index >= 15 is 0 Å². The van der Waals surface area contributed by atoms with Crippen molar-refractivity contribution in [1.29, 1.82) is 0 Å². The van der Waals surface area contributed by atoms with E-state index < -0.39 is 17.3 Å². The first-order chi connectivity index (χ1) is 14.7. The van der Waals surface area contributed by atoms with Crippen LogP contribution >= 0.6 is 0 Å². The predicted molar refractivity (Wildman–Crippen MR) is 112 cm³/mol. The molecule has 0 radical (unpaired) electrons. The number of benzene rings is 3. The quantitative estimate of drug-likeness (QED) is 0.312. The Labute approximate surface area is 173 Å². The average Bonchev–Trinajstić information content (AvgIpc) is 3.06. The van der Waals surface area contributed by atoms with Crippen LogP contribution in [0.5, 0.6) is 0 Å². The van der Waals surface area contributed by atoms with E-state index in [-0.39, 0.29) is 17.7 Å². The minimum Gasteiger partial charge on any atom is -0.411 e. The highest BCUT2D eigenvalue weighted by Gasteiger charge is 2.68. The van der Waals surface area contributed by atoms with Crippen LogP contribution in [0.25, 0.3) is 0 Å². The van der Waals surface area contributed by atoms with Gasteiger partial charge in [-0.3, -0.25) is 9.59 Å². The summed E-state index contributed by atoms with van der Waals surface area (Å²) in [5, 5.41) is 13.1. The molecule has 1 fully saturated rings. The molecule has 146 valence electrons. The number of oxime groups is 1. The third-order valence-corrected chi connectivity index (χ3v) is 6.96. The third-order valence-electron chi connectivity index (χ3n) is 6.96. The summed E-state index contributed by atoms with van der Waals surface area (Å²) in [5.74, 6) is -1.84. The van der Waals surface area contributed by atoms with E-state index in [1.54, 1.807) is 12.1 Å². The normalized spacial score (nSPS) is 28.5. The summed E-state index contributed by atoms with van der Waals surface area (Å²) < 4.78 is 0. The van der Waals surface area contributed by atoms with Crippen molar-refractivity contribution < 1.29 is 14.8 Å². The Bertz CT molecular complexity index is 1190. The highest BCUT2D eigenvalue weighted by atomic mass is 16.4. The van der Waals surface area contributed by atoms with Gasteiger partial charge in [0.25, 0.3) is 0 Å². The molecule has 3 aliphatic carbocycles. The predicted octanol–water partition coefficient (Wildman–Crippen LogP) is 3.70. The van der Waals surface area contributed by atoms with Crippen molar-refractivity contribution in [2.24, 2.45) is 17.0 Å². The van der Waals surface area contributed by atoms with Crippen LogP contribution < -0.4 is 4.90 Å². The van der Waals surface area contributed by atoms with E-state index in [0.717, 1.165) is 22.3 Å². The van der Waals surface area contributed by atoms with Gasteiger partial charge in [-0.1, -0.05) is 66.7 Å². The van der Waals surface area contributed by atoms with E-state index in [9.17, 15) is 14.8 Å². The van der Waals surface area contributed by atoms with Gasteiger partial charge in [0.2, 0.25) is 11.8 Å². The van der Waals surface area contributed by atoms with E-state index in [2.05, 4.69) is 5.16 Å². The number of para-hydroxylation sites is 1. The minimum absolute atomic E-state index is 0.194.